The first kappa shape index (κ1) is 22.7. The van der Waals surface area contributed by atoms with Crippen molar-refractivity contribution < 1.29 is 4.79 Å². The van der Waals surface area contributed by atoms with Crippen LogP contribution in [0.4, 0.5) is 11.6 Å². The Hall–Kier alpha value is -2.48. The van der Waals surface area contributed by atoms with Crippen LogP contribution in [0.5, 0.6) is 0 Å². The number of amides is 1. The minimum atomic E-state index is -0.505. The summed E-state index contributed by atoms with van der Waals surface area (Å²) in [6.07, 6.45) is 1.01. The number of fused-ring (bicyclic) bond motifs is 1. The number of hydrogen-bond donors (Lipinski definition) is 2. The van der Waals surface area contributed by atoms with Crippen LogP contribution in [0.25, 0.3) is 0 Å². The topological polar surface area (TPSA) is 71.8 Å². The molecule has 1 amide bonds. The second-order valence-corrected chi connectivity index (χ2v) is 9.45. The second kappa shape index (κ2) is 9.57. The highest BCUT2D eigenvalue weighted by Crippen LogP contribution is 2.38. The fourth-order valence-electron chi connectivity index (χ4n) is 3.51. The van der Waals surface area contributed by atoms with Gasteiger partial charge in [-0.25, -0.2) is 4.68 Å². The number of thioether (sulfide) groups is 1. The molecule has 2 N–H and O–H groups in total. The zero-order valence-corrected chi connectivity index (χ0v) is 20.3. The SMILES string of the molecule is CCCSc1nc2n(n1)C(c1ccc(Cl)c(Cl)c1)C(C(=O)Nc1ccc(C)cc1)=C(C)N2. The first-order valence-electron chi connectivity index (χ1n) is 10.3. The summed E-state index contributed by atoms with van der Waals surface area (Å²) >= 11 is 14.1. The van der Waals surface area contributed by atoms with E-state index in [4.69, 9.17) is 28.3 Å². The van der Waals surface area contributed by atoms with Crippen LogP contribution < -0.4 is 10.6 Å². The molecule has 1 aliphatic heterocycles. The van der Waals surface area contributed by atoms with E-state index in [1.165, 1.54) is 0 Å². The Labute approximate surface area is 201 Å². The minimum absolute atomic E-state index is 0.223. The molecule has 1 aromatic heterocycles. The number of rotatable bonds is 6. The molecule has 0 saturated carbocycles. The highest BCUT2D eigenvalue weighted by molar-refractivity contribution is 7.99. The van der Waals surface area contributed by atoms with Gasteiger partial charge in [-0.1, -0.05) is 65.7 Å². The van der Waals surface area contributed by atoms with Crippen LogP contribution in [0.2, 0.25) is 10.0 Å². The average Bonchev–Trinajstić information content (AvgIpc) is 3.17. The molecule has 1 unspecified atom stereocenters. The smallest absolute Gasteiger partial charge is 0.255 e. The molecule has 4 rings (SSSR count). The summed E-state index contributed by atoms with van der Waals surface area (Å²) in [6.45, 7) is 5.98. The van der Waals surface area contributed by atoms with Crippen molar-refractivity contribution in [1.82, 2.24) is 14.8 Å². The van der Waals surface area contributed by atoms with Gasteiger partial charge in [0.15, 0.2) is 0 Å². The average molecular weight is 488 g/mol. The van der Waals surface area contributed by atoms with Gasteiger partial charge in [-0.3, -0.25) is 4.79 Å². The maximum atomic E-state index is 13.5. The van der Waals surface area contributed by atoms with Crippen LogP contribution in [0.15, 0.2) is 58.9 Å². The van der Waals surface area contributed by atoms with Crippen molar-refractivity contribution in [3.63, 3.8) is 0 Å². The Kier molecular flexibility index (Phi) is 6.79. The summed E-state index contributed by atoms with van der Waals surface area (Å²) < 4.78 is 1.74. The molecule has 0 aliphatic carbocycles. The molecular weight excluding hydrogens is 465 g/mol. The molecule has 1 atom stereocenters. The molecule has 9 heteroatoms. The number of aromatic nitrogens is 3. The number of aryl methyl sites for hydroxylation is 1. The minimum Gasteiger partial charge on any atom is -0.328 e. The van der Waals surface area contributed by atoms with E-state index in [2.05, 4.69) is 22.5 Å². The lowest BCUT2D eigenvalue weighted by atomic mass is 9.95. The largest absolute Gasteiger partial charge is 0.328 e. The van der Waals surface area contributed by atoms with Crippen molar-refractivity contribution in [3.8, 4) is 0 Å². The lowest BCUT2D eigenvalue weighted by Gasteiger charge is -2.28. The van der Waals surface area contributed by atoms with Crippen LogP contribution >= 0.6 is 35.0 Å². The Balaban J connectivity index is 1.77. The van der Waals surface area contributed by atoms with E-state index in [0.717, 1.165) is 29.0 Å². The predicted molar refractivity (Wildman–Crippen MR) is 132 cm³/mol. The number of hydrogen-bond acceptors (Lipinski definition) is 5. The van der Waals surface area contributed by atoms with Gasteiger partial charge in [0.05, 0.1) is 15.6 Å². The van der Waals surface area contributed by atoms with Crippen molar-refractivity contribution in [2.24, 2.45) is 0 Å². The highest BCUT2D eigenvalue weighted by Gasteiger charge is 2.34. The van der Waals surface area contributed by atoms with Gasteiger partial charge in [0.2, 0.25) is 11.1 Å². The van der Waals surface area contributed by atoms with Crippen molar-refractivity contribution in [2.45, 2.75) is 38.4 Å². The number of halogens is 2. The van der Waals surface area contributed by atoms with Crippen LogP contribution in [-0.2, 0) is 4.79 Å². The normalized spacial score (nSPS) is 15.3. The summed E-state index contributed by atoms with van der Waals surface area (Å²) in [4.78, 5) is 18.1. The van der Waals surface area contributed by atoms with Crippen LogP contribution in [0.3, 0.4) is 0 Å². The number of nitrogens with one attached hydrogen (secondary N) is 2. The molecule has 166 valence electrons. The van der Waals surface area contributed by atoms with Gasteiger partial charge in [-0.2, -0.15) is 4.98 Å². The number of nitrogens with zero attached hydrogens (tertiary/aromatic N) is 3. The molecule has 0 spiro atoms. The molecule has 2 heterocycles. The Morgan fingerprint density at radius 1 is 1.16 bits per heavy atom. The third kappa shape index (κ3) is 4.65. The van der Waals surface area contributed by atoms with Crippen molar-refractivity contribution in [1.29, 1.82) is 0 Å². The van der Waals surface area contributed by atoms with E-state index in [9.17, 15) is 4.79 Å². The molecule has 0 fully saturated rings. The number of anilines is 2. The van der Waals surface area contributed by atoms with Gasteiger partial charge in [-0.05, 0) is 50.1 Å². The predicted octanol–water partition coefficient (Wildman–Crippen LogP) is 6.32. The Morgan fingerprint density at radius 2 is 1.91 bits per heavy atom. The molecule has 0 radical (unpaired) electrons. The van der Waals surface area contributed by atoms with Crippen LogP contribution in [0, 0.1) is 6.92 Å². The van der Waals surface area contributed by atoms with E-state index in [1.54, 1.807) is 28.6 Å². The molecule has 6 nitrogen and oxygen atoms in total. The fourth-order valence-corrected chi connectivity index (χ4v) is 4.50. The van der Waals surface area contributed by atoms with Gasteiger partial charge in [0, 0.05) is 17.1 Å². The van der Waals surface area contributed by atoms with Crippen LogP contribution in [0.1, 0.15) is 37.4 Å². The third-order valence-electron chi connectivity index (χ3n) is 5.08. The summed E-state index contributed by atoms with van der Waals surface area (Å²) in [5, 5.41) is 12.5. The maximum absolute atomic E-state index is 13.5. The molecule has 0 bridgehead atoms. The molecule has 1 aliphatic rings. The highest BCUT2D eigenvalue weighted by atomic mass is 35.5. The van der Waals surface area contributed by atoms with Gasteiger partial charge < -0.3 is 10.6 Å². The standard InChI is InChI=1S/C23H23Cl2N5OS/c1-4-11-32-23-28-22-26-14(3)19(21(31)27-16-8-5-13(2)6-9-16)20(30(22)29-23)15-7-10-17(24)18(25)12-15/h5-10,12,20H,4,11H2,1-3H3,(H,27,31)(H,26,28,29). The van der Waals surface area contributed by atoms with E-state index >= 15 is 0 Å². The van der Waals surface area contributed by atoms with Gasteiger partial charge in [-0.15, -0.1) is 5.10 Å². The quantitative estimate of drug-likeness (QED) is 0.397. The monoisotopic (exact) mass is 487 g/mol. The maximum Gasteiger partial charge on any atom is 0.255 e. The molecular formula is C23H23Cl2N5OS. The molecule has 2 aromatic carbocycles. The number of carbonyl (C=O) groups is 1. The van der Waals surface area contributed by atoms with Crippen LogP contribution in [-0.4, -0.2) is 26.4 Å². The Morgan fingerprint density at radius 3 is 2.59 bits per heavy atom. The summed E-state index contributed by atoms with van der Waals surface area (Å²) in [6, 6.07) is 12.5. The molecule has 32 heavy (non-hydrogen) atoms. The summed E-state index contributed by atoms with van der Waals surface area (Å²) in [5.41, 5.74) is 3.88. The number of allylic oxidation sites excluding steroid dienone is 1. The second-order valence-electron chi connectivity index (χ2n) is 7.57. The van der Waals surface area contributed by atoms with Gasteiger partial charge in [0.25, 0.3) is 5.91 Å². The Bertz CT molecular complexity index is 1190. The first-order valence-corrected chi connectivity index (χ1v) is 12.0. The summed E-state index contributed by atoms with van der Waals surface area (Å²) in [5.74, 6) is 1.27. The van der Waals surface area contributed by atoms with E-state index in [-0.39, 0.29) is 5.91 Å². The first-order chi connectivity index (χ1) is 15.4. The van der Waals surface area contributed by atoms with Crippen molar-refractivity contribution >= 4 is 52.5 Å². The third-order valence-corrected chi connectivity index (χ3v) is 6.86. The van der Waals surface area contributed by atoms with Gasteiger partial charge >= 0.3 is 0 Å². The van der Waals surface area contributed by atoms with E-state index < -0.39 is 6.04 Å². The zero-order valence-electron chi connectivity index (χ0n) is 17.9. The lowest BCUT2D eigenvalue weighted by molar-refractivity contribution is -0.113. The molecule has 0 saturated heterocycles. The number of carbonyl (C=O) groups excluding carboxylic acids is 1. The summed E-state index contributed by atoms with van der Waals surface area (Å²) in [7, 11) is 0. The molecule has 3 aromatic rings. The van der Waals surface area contributed by atoms with Crippen molar-refractivity contribution in [2.75, 3.05) is 16.4 Å². The van der Waals surface area contributed by atoms with Gasteiger partial charge in [0.1, 0.15) is 6.04 Å². The lowest BCUT2D eigenvalue weighted by Crippen LogP contribution is -2.31. The van der Waals surface area contributed by atoms with Crippen molar-refractivity contribution in [3.05, 3.63) is 74.9 Å². The van der Waals surface area contributed by atoms with E-state index in [1.807, 2.05) is 44.2 Å². The number of benzene rings is 2. The zero-order chi connectivity index (χ0) is 22.8. The van der Waals surface area contributed by atoms with E-state index in [0.29, 0.717) is 32.4 Å². The fraction of sp³-hybridized carbons (Fsp3) is 0.261.